The molecule has 0 aromatic heterocycles. The predicted octanol–water partition coefficient (Wildman–Crippen LogP) is 2.17. The molecule has 0 radical (unpaired) electrons. The first kappa shape index (κ1) is 19.4. The summed E-state index contributed by atoms with van der Waals surface area (Å²) in [7, 11) is -2.73. The second kappa shape index (κ2) is 7.74. The number of rotatable bonds is 8. The number of halogens is 1. The third-order valence-electron chi connectivity index (χ3n) is 3.44. The van der Waals surface area contributed by atoms with Gasteiger partial charge in [-0.25, -0.2) is 17.5 Å². The van der Waals surface area contributed by atoms with Crippen LogP contribution in [0.5, 0.6) is 5.75 Å². The van der Waals surface area contributed by atoms with Crippen LogP contribution in [-0.2, 0) is 14.8 Å². The first-order chi connectivity index (χ1) is 10.6. The van der Waals surface area contributed by atoms with E-state index in [1.807, 2.05) is 13.8 Å². The lowest BCUT2D eigenvalue weighted by Crippen LogP contribution is -2.34. The van der Waals surface area contributed by atoms with Crippen LogP contribution in [0.1, 0.15) is 25.8 Å². The molecule has 2 N–H and O–H groups in total. The Morgan fingerprint density at radius 1 is 1.39 bits per heavy atom. The fourth-order valence-electron chi connectivity index (χ4n) is 2.22. The van der Waals surface area contributed by atoms with Crippen molar-refractivity contribution in [2.75, 3.05) is 13.7 Å². The van der Waals surface area contributed by atoms with Crippen molar-refractivity contribution < 1.29 is 27.4 Å². The average Bonchev–Trinajstić information content (AvgIpc) is 2.45. The minimum atomic E-state index is -4.01. The normalized spacial score (nSPS) is 13.1. The highest BCUT2D eigenvalue weighted by Gasteiger charge is 2.25. The van der Waals surface area contributed by atoms with E-state index in [9.17, 15) is 17.6 Å². The number of carbonyl (C=O) groups is 1. The fraction of sp³-hybridized carbons (Fsp3) is 0.533. The van der Waals surface area contributed by atoms with Gasteiger partial charge in [-0.2, -0.15) is 0 Å². The maximum Gasteiger partial charge on any atom is 0.307 e. The van der Waals surface area contributed by atoms with Gasteiger partial charge >= 0.3 is 5.97 Å². The fourth-order valence-corrected chi connectivity index (χ4v) is 3.54. The summed E-state index contributed by atoms with van der Waals surface area (Å²) in [6.07, 6.45) is 0.341. The first-order valence-electron chi connectivity index (χ1n) is 7.15. The number of ether oxygens (including phenoxy) is 1. The Labute approximate surface area is 135 Å². The van der Waals surface area contributed by atoms with Gasteiger partial charge in [-0.1, -0.05) is 13.8 Å². The molecule has 0 amide bonds. The molecule has 0 fully saturated rings. The van der Waals surface area contributed by atoms with Gasteiger partial charge in [0.15, 0.2) is 11.6 Å². The summed E-state index contributed by atoms with van der Waals surface area (Å²) in [6, 6.07) is 2.46. The highest BCUT2D eigenvalue weighted by atomic mass is 32.2. The molecular formula is C15H22FNO5S. The summed E-state index contributed by atoms with van der Waals surface area (Å²) < 4.78 is 45.6. The van der Waals surface area contributed by atoms with Gasteiger partial charge in [0.25, 0.3) is 0 Å². The van der Waals surface area contributed by atoms with Crippen molar-refractivity contribution in [2.24, 2.45) is 11.8 Å². The van der Waals surface area contributed by atoms with Crippen molar-refractivity contribution >= 4 is 16.0 Å². The Balaban J connectivity index is 3.00. The van der Waals surface area contributed by atoms with Gasteiger partial charge in [0, 0.05) is 12.1 Å². The van der Waals surface area contributed by atoms with Crippen LogP contribution >= 0.6 is 0 Å². The SMILES string of the molecule is COc1ccc(S(=O)(=O)NCC(CC(C)C)C(=O)O)c(C)c1F. The van der Waals surface area contributed by atoms with Crippen molar-refractivity contribution in [1.29, 1.82) is 0 Å². The van der Waals surface area contributed by atoms with E-state index < -0.39 is 27.7 Å². The molecule has 1 aromatic rings. The van der Waals surface area contributed by atoms with E-state index in [4.69, 9.17) is 9.84 Å². The number of benzene rings is 1. The molecule has 0 aliphatic heterocycles. The molecule has 0 saturated heterocycles. The highest BCUT2D eigenvalue weighted by molar-refractivity contribution is 7.89. The Morgan fingerprint density at radius 2 is 2.00 bits per heavy atom. The Kier molecular flexibility index (Phi) is 6.52. The van der Waals surface area contributed by atoms with E-state index >= 15 is 0 Å². The molecule has 1 rings (SSSR count). The van der Waals surface area contributed by atoms with Crippen molar-refractivity contribution in [3.8, 4) is 5.75 Å². The van der Waals surface area contributed by atoms with Crippen LogP contribution in [0, 0.1) is 24.6 Å². The van der Waals surface area contributed by atoms with Gasteiger partial charge in [-0.05, 0) is 31.4 Å². The van der Waals surface area contributed by atoms with E-state index in [-0.39, 0.29) is 28.7 Å². The van der Waals surface area contributed by atoms with E-state index in [1.165, 1.54) is 26.2 Å². The number of carboxylic acid groups (broad SMARTS) is 1. The van der Waals surface area contributed by atoms with Crippen LogP contribution in [0.3, 0.4) is 0 Å². The molecular weight excluding hydrogens is 325 g/mol. The number of nitrogens with one attached hydrogen (secondary N) is 1. The Morgan fingerprint density at radius 3 is 2.48 bits per heavy atom. The standard InChI is InChI=1S/C15H22FNO5S/c1-9(2)7-11(15(18)19)8-17-23(20,21)13-6-5-12(22-4)14(16)10(13)3/h5-6,9,11,17H,7-8H2,1-4H3,(H,18,19). The zero-order valence-electron chi connectivity index (χ0n) is 13.6. The summed E-state index contributed by atoms with van der Waals surface area (Å²) in [5.74, 6) is -2.61. The van der Waals surface area contributed by atoms with Gasteiger partial charge in [0.1, 0.15) is 0 Å². The third kappa shape index (κ3) is 4.90. The summed E-state index contributed by atoms with van der Waals surface area (Å²) in [5.41, 5.74) is -0.0763. The molecule has 0 spiro atoms. The van der Waals surface area contributed by atoms with Crippen molar-refractivity contribution in [2.45, 2.75) is 32.1 Å². The maximum atomic E-state index is 14.0. The third-order valence-corrected chi connectivity index (χ3v) is 5.00. The topological polar surface area (TPSA) is 92.7 Å². The summed E-state index contributed by atoms with van der Waals surface area (Å²) in [6.45, 7) is 4.79. The zero-order valence-corrected chi connectivity index (χ0v) is 14.4. The summed E-state index contributed by atoms with van der Waals surface area (Å²) in [5, 5.41) is 9.15. The first-order valence-corrected chi connectivity index (χ1v) is 8.64. The summed E-state index contributed by atoms with van der Waals surface area (Å²) in [4.78, 5) is 10.9. The number of methoxy groups -OCH3 is 1. The minimum absolute atomic E-state index is 0.0512. The number of sulfonamides is 1. The molecule has 0 aliphatic rings. The number of hydrogen-bond acceptors (Lipinski definition) is 4. The lowest BCUT2D eigenvalue weighted by Gasteiger charge is -2.16. The van der Waals surface area contributed by atoms with Crippen LogP contribution in [0.2, 0.25) is 0 Å². The number of hydrogen-bond donors (Lipinski definition) is 2. The van der Waals surface area contributed by atoms with Crippen LogP contribution < -0.4 is 9.46 Å². The maximum absolute atomic E-state index is 14.0. The zero-order chi connectivity index (χ0) is 17.8. The molecule has 1 atom stereocenters. The average molecular weight is 347 g/mol. The van der Waals surface area contributed by atoms with Crippen molar-refractivity contribution in [3.63, 3.8) is 0 Å². The van der Waals surface area contributed by atoms with E-state index in [1.54, 1.807) is 0 Å². The van der Waals surface area contributed by atoms with Crippen LogP contribution in [0.4, 0.5) is 4.39 Å². The Bertz CT molecular complexity index is 673. The van der Waals surface area contributed by atoms with Crippen LogP contribution in [-0.4, -0.2) is 33.1 Å². The van der Waals surface area contributed by atoms with Crippen LogP contribution in [0.15, 0.2) is 17.0 Å². The molecule has 1 unspecified atom stereocenters. The van der Waals surface area contributed by atoms with Gasteiger partial charge in [-0.15, -0.1) is 0 Å². The molecule has 6 nitrogen and oxygen atoms in total. The van der Waals surface area contributed by atoms with Gasteiger partial charge in [0.2, 0.25) is 10.0 Å². The minimum Gasteiger partial charge on any atom is -0.494 e. The Hall–Kier alpha value is -1.67. The van der Waals surface area contributed by atoms with Gasteiger partial charge in [-0.3, -0.25) is 4.79 Å². The number of carboxylic acids is 1. The molecule has 0 heterocycles. The smallest absolute Gasteiger partial charge is 0.307 e. The van der Waals surface area contributed by atoms with Crippen molar-refractivity contribution in [3.05, 3.63) is 23.5 Å². The second-order valence-corrected chi connectivity index (χ2v) is 7.46. The summed E-state index contributed by atoms with van der Waals surface area (Å²) >= 11 is 0. The largest absolute Gasteiger partial charge is 0.494 e. The second-order valence-electron chi connectivity index (χ2n) is 5.72. The molecule has 0 saturated carbocycles. The lowest BCUT2D eigenvalue weighted by molar-refractivity contribution is -0.142. The van der Waals surface area contributed by atoms with Crippen LogP contribution in [0.25, 0.3) is 0 Å². The molecule has 0 bridgehead atoms. The molecule has 0 aliphatic carbocycles. The quantitative estimate of drug-likeness (QED) is 0.752. The molecule has 23 heavy (non-hydrogen) atoms. The van der Waals surface area contributed by atoms with E-state index in [0.717, 1.165) is 0 Å². The highest BCUT2D eigenvalue weighted by Crippen LogP contribution is 2.26. The molecule has 8 heteroatoms. The van der Waals surface area contributed by atoms with E-state index in [0.29, 0.717) is 6.42 Å². The molecule has 130 valence electrons. The van der Waals surface area contributed by atoms with Gasteiger partial charge < -0.3 is 9.84 Å². The monoisotopic (exact) mass is 347 g/mol. The number of aliphatic carboxylic acids is 1. The van der Waals surface area contributed by atoms with Gasteiger partial charge in [0.05, 0.1) is 17.9 Å². The predicted molar refractivity (Wildman–Crippen MR) is 83.5 cm³/mol. The van der Waals surface area contributed by atoms with E-state index in [2.05, 4.69) is 4.72 Å². The lowest BCUT2D eigenvalue weighted by atomic mass is 9.98. The molecule has 1 aromatic carbocycles. The van der Waals surface area contributed by atoms with Crippen molar-refractivity contribution in [1.82, 2.24) is 4.72 Å².